The van der Waals surface area contributed by atoms with Crippen molar-refractivity contribution in [3.05, 3.63) is 0 Å². The van der Waals surface area contributed by atoms with Crippen LogP contribution in [-0.2, 0) is 9.59 Å². The van der Waals surface area contributed by atoms with Crippen molar-refractivity contribution in [2.45, 2.75) is 64.1 Å². The van der Waals surface area contributed by atoms with E-state index in [2.05, 4.69) is 5.32 Å². The second-order valence-electron chi connectivity index (χ2n) is 6.04. The van der Waals surface area contributed by atoms with Crippen molar-refractivity contribution in [2.75, 3.05) is 6.54 Å². The molecule has 0 aromatic rings. The van der Waals surface area contributed by atoms with Crippen LogP contribution in [-0.4, -0.2) is 46.6 Å². The van der Waals surface area contributed by atoms with Gasteiger partial charge in [0.25, 0.3) is 0 Å². The molecule has 1 aliphatic carbocycles. The summed E-state index contributed by atoms with van der Waals surface area (Å²) in [5.41, 5.74) is 0. The summed E-state index contributed by atoms with van der Waals surface area (Å²) in [5.74, 6) is -0.0627. The predicted molar refractivity (Wildman–Crippen MR) is 71.4 cm³/mol. The third kappa shape index (κ3) is 3.69. The van der Waals surface area contributed by atoms with Gasteiger partial charge in [0, 0.05) is 12.6 Å². The monoisotopic (exact) mass is 268 g/mol. The molecule has 0 bridgehead atoms. The van der Waals surface area contributed by atoms with Gasteiger partial charge in [0.15, 0.2) is 0 Å². The van der Waals surface area contributed by atoms with Gasteiger partial charge < -0.3 is 15.3 Å². The second-order valence-corrected chi connectivity index (χ2v) is 6.04. The maximum atomic E-state index is 12.2. The zero-order chi connectivity index (χ0) is 14.0. The third-order valence-corrected chi connectivity index (χ3v) is 3.95. The summed E-state index contributed by atoms with van der Waals surface area (Å²) in [6, 6.07) is -0.00114. The Balaban J connectivity index is 1.89. The molecule has 2 aliphatic rings. The SMILES string of the molecule is CC(C)C(O)CC(=O)N1CCCC1C(=O)NC1CC1. The second kappa shape index (κ2) is 5.90. The molecule has 1 heterocycles. The van der Waals surface area contributed by atoms with E-state index in [4.69, 9.17) is 0 Å². The van der Waals surface area contributed by atoms with E-state index in [1.165, 1.54) is 0 Å². The molecule has 5 heteroatoms. The Kier molecular flexibility index (Phi) is 4.45. The summed E-state index contributed by atoms with van der Waals surface area (Å²) >= 11 is 0. The lowest BCUT2D eigenvalue weighted by Crippen LogP contribution is -2.47. The van der Waals surface area contributed by atoms with Gasteiger partial charge in [-0.05, 0) is 31.6 Å². The first-order valence-electron chi connectivity index (χ1n) is 7.27. The average molecular weight is 268 g/mol. The summed E-state index contributed by atoms with van der Waals surface area (Å²) in [6.07, 6.45) is 3.20. The molecule has 1 saturated heterocycles. The van der Waals surface area contributed by atoms with Gasteiger partial charge in [0.1, 0.15) is 6.04 Å². The van der Waals surface area contributed by atoms with Gasteiger partial charge in [-0.3, -0.25) is 9.59 Å². The molecule has 2 amide bonds. The first-order chi connectivity index (χ1) is 8.99. The fourth-order valence-electron chi connectivity index (χ4n) is 2.39. The van der Waals surface area contributed by atoms with Crippen molar-refractivity contribution >= 4 is 11.8 Å². The van der Waals surface area contributed by atoms with E-state index in [0.29, 0.717) is 12.6 Å². The van der Waals surface area contributed by atoms with Crippen LogP contribution in [0.1, 0.15) is 46.0 Å². The van der Waals surface area contributed by atoms with Gasteiger partial charge in [-0.15, -0.1) is 0 Å². The quantitative estimate of drug-likeness (QED) is 0.769. The van der Waals surface area contributed by atoms with Gasteiger partial charge in [0.05, 0.1) is 12.5 Å². The first kappa shape index (κ1) is 14.3. The Morgan fingerprint density at radius 3 is 2.58 bits per heavy atom. The van der Waals surface area contributed by atoms with Gasteiger partial charge in [-0.25, -0.2) is 0 Å². The summed E-state index contributed by atoms with van der Waals surface area (Å²) in [7, 11) is 0. The van der Waals surface area contributed by atoms with Crippen LogP contribution < -0.4 is 5.32 Å². The molecule has 1 saturated carbocycles. The van der Waals surface area contributed by atoms with Crippen LogP contribution in [0.4, 0.5) is 0 Å². The highest BCUT2D eigenvalue weighted by atomic mass is 16.3. The van der Waals surface area contributed by atoms with Crippen LogP contribution in [0, 0.1) is 5.92 Å². The fraction of sp³-hybridized carbons (Fsp3) is 0.857. The van der Waals surface area contributed by atoms with Crippen molar-refractivity contribution in [2.24, 2.45) is 5.92 Å². The number of aliphatic hydroxyl groups excluding tert-OH is 1. The number of rotatable bonds is 5. The zero-order valence-electron chi connectivity index (χ0n) is 11.8. The molecule has 19 heavy (non-hydrogen) atoms. The summed E-state index contributed by atoms with van der Waals surface area (Å²) in [5, 5.41) is 12.8. The number of carbonyl (C=O) groups excluding carboxylic acids is 2. The van der Waals surface area contributed by atoms with Crippen LogP contribution in [0.5, 0.6) is 0 Å². The van der Waals surface area contributed by atoms with Crippen molar-refractivity contribution in [3.8, 4) is 0 Å². The number of hydrogen-bond donors (Lipinski definition) is 2. The van der Waals surface area contributed by atoms with Crippen LogP contribution >= 0.6 is 0 Å². The van der Waals surface area contributed by atoms with Gasteiger partial charge >= 0.3 is 0 Å². The Hall–Kier alpha value is -1.10. The Morgan fingerprint density at radius 2 is 2.00 bits per heavy atom. The minimum absolute atomic E-state index is 0.0209. The van der Waals surface area contributed by atoms with E-state index in [1.54, 1.807) is 4.90 Å². The lowest BCUT2D eigenvalue weighted by molar-refractivity contribution is -0.140. The smallest absolute Gasteiger partial charge is 0.243 e. The highest BCUT2D eigenvalue weighted by molar-refractivity contribution is 5.88. The largest absolute Gasteiger partial charge is 0.392 e. The van der Waals surface area contributed by atoms with E-state index >= 15 is 0 Å². The number of carbonyl (C=O) groups is 2. The molecular weight excluding hydrogens is 244 g/mol. The van der Waals surface area contributed by atoms with Crippen LogP contribution in [0.3, 0.4) is 0 Å². The third-order valence-electron chi connectivity index (χ3n) is 3.95. The molecule has 0 radical (unpaired) electrons. The maximum absolute atomic E-state index is 12.2. The predicted octanol–water partition coefficient (Wildman–Crippen LogP) is 0.663. The fourth-order valence-corrected chi connectivity index (χ4v) is 2.39. The van der Waals surface area contributed by atoms with Crippen molar-refractivity contribution in [1.29, 1.82) is 0 Å². The number of amides is 2. The normalized spacial score (nSPS) is 24.6. The highest BCUT2D eigenvalue weighted by Crippen LogP contribution is 2.23. The molecule has 2 unspecified atom stereocenters. The number of nitrogens with one attached hydrogen (secondary N) is 1. The average Bonchev–Trinajstić information content (AvgIpc) is 3.02. The van der Waals surface area contributed by atoms with Crippen LogP contribution in [0.2, 0.25) is 0 Å². The first-order valence-corrected chi connectivity index (χ1v) is 7.27. The maximum Gasteiger partial charge on any atom is 0.243 e. The number of aliphatic hydroxyl groups is 1. The Labute approximate surface area is 114 Å². The minimum atomic E-state index is -0.625. The minimum Gasteiger partial charge on any atom is -0.392 e. The summed E-state index contributed by atoms with van der Waals surface area (Å²) in [4.78, 5) is 25.9. The summed E-state index contributed by atoms with van der Waals surface area (Å²) in [6.45, 7) is 4.41. The van der Waals surface area contributed by atoms with E-state index < -0.39 is 6.10 Å². The molecule has 2 rings (SSSR count). The molecule has 2 fully saturated rings. The molecule has 5 nitrogen and oxygen atoms in total. The van der Waals surface area contributed by atoms with Crippen molar-refractivity contribution in [1.82, 2.24) is 10.2 Å². The summed E-state index contributed by atoms with van der Waals surface area (Å²) < 4.78 is 0. The van der Waals surface area contributed by atoms with Gasteiger partial charge in [-0.1, -0.05) is 13.8 Å². The molecule has 108 valence electrons. The standard InChI is InChI=1S/C14H24N2O3/c1-9(2)12(17)8-13(18)16-7-3-4-11(16)14(19)15-10-5-6-10/h9-12,17H,3-8H2,1-2H3,(H,15,19). The number of likely N-dealkylation sites (tertiary alicyclic amines) is 1. The Morgan fingerprint density at radius 1 is 1.32 bits per heavy atom. The molecule has 1 aliphatic heterocycles. The van der Waals surface area contributed by atoms with Crippen molar-refractivity contribution in [3.63, 3.8) is 0 Å². The lowest BCUT2D eigenvalue weighted by Gasteiger charge is -2.25. The van der Waals surface area contributed by atoms with E-state index in [9.17, 15) is 14.7 Å². The zero-order valence-corrected chi connectivity index (χ0v) is 11.8. The van der Waals surface area contributed by atoms with E-state index in [0.717, 1.165) is 25.7 Å². The Bertz CT molecular complexity index is 353. The molecule has 2 atom stereocenters. The number of hydrogen-bond acceptors (Lipinski definition) is 3. The molecule has 0 aromatic heterocycles. The van der Waals surface area contributed by atoms with E-state index in [-0.39, 0.29) is 30.2 Å². The lowest BCUT2D eigenvalue weighted by atomic mass is 10.0. The van der Waals surface area contributed by atoms with Gasteiger partial charge in [-0.2, -0.15) is 0 Å². The molecule has 0 spiro atoms. The molecular formula is C14H24N2O3. The van der Waals surface area contributed by atoms with Crippen molar-refractivity contribution < 1.29 is 14.7 Å². The molecule has 2 N–H and O–H groups in total. The van der Waals surface area contributed by atoms with Crippen LogP contribution in [0.15, 0.2) is 0 Å². The molecule has 0 aromatic carbocycles. The topological polar surface area (TPSA) is 69.6 Å². The van der Waals surface area contributed by atoms with Crippen LogP contribution in [0.25, 0.3) is 0 Å². The van der Waals surface area contributed by atoms with Gasteiger partial charge in [0.2, 0.25) is 11.8 Å². The number of nitrogens with zero attached hydrogens (tertiary/aromatic N) is 1. The van der Waals surface area contributed by atoms with E-state index in [1.807, 2.05) is 13.8 Å². The highest BCUT2D eigenvalue weighted by Gasteiger charge is 2.36.